The molecule has 378 valence electrons. The Hall–Kier alpha value is -4.66. The molecule has 0 spiro atoms. The first-order valence-electron chi connectivity index (χ1n) is 22.7. The van der Waals surface area contributed by atoms with Crippen molar-refractivity contribution in [2.45, 2.75) is 104 Å². The molecular formula is C50H71N7O8S4. The minimum absolute atomic E-state index is 0. The average Bonchev–Trinajstić information content (AvgIpc) is 3.59. The van der Waals surface area contributed by atoms with Gasteiger partial charge in [-0.05, 0) is 91.6 Å². The molecule has 69 heavy (non-hydrogen) atoms. The largest absolute Gasteiger partial charge is 0.464 e. The molecule has 5 heterocycles. The van der Waals surface area contributed by atoms with E-state index in [1.165, 1.54) is 27.9 Å². The third-order valence-electron chi connectivity index (χ3n) is 12.8. The molecule has 2 aromatic carbocycles. The highest BCUT2D eigenvalue weighted by Crippen LogP contribution is 2.42. The second kappa shape index (κ2) is 24.9. The summed E-state index contributed by atoms with van der Waals surface area (Å²) in [5.41, 5.74) is 10.4. The Morgan fingerprint density at radius 3 is 2.41 bits per heavy atom. The van der Waals surface area contributed by atoms with Crippen LogP contribution in [0.3, 0.4) is 0 Å². The number of ether oxygens (including phenoxy) is 3. The molecule has 0 saturated carbocycles. The van der Waals surface area contributed by atoms with Crippen molar-refractivity contribution < 1.29 is 38.2 Å². The summed E-state index contributed by atoms with van der Waals surface area (Å²) in [5.74, 6) is -2.03. The first-order chi connectivity index (χ1) is 31.0. The van der Waals surface area contributed by atoms with Gasteiger partial charge < -0.3 is 29.0 Å². The van der Waals surface area contributed by atoms with E-state index in [2.05, 4.69) is 66.9 Å². The van der Waals surface area contributed by atoms with E-state index < -0.39 is 53.5 Å². The van der Waals surface area contributed by atoms with Crippen molar-refractivity contribution in [3.05, 3.63) is 90.3 Å². The van der Waals surface area contributed by atoms with Gasteiger partial charge in [-0.3, -0.25) is 34.1 Å². The van der Waals surface area contributed by atoms with Gasteiger partial charge in [0.05, 0.1) is 37.2 Å². The molecule has 3 aliphatic rings. The maximum atomic E-state index is 14.6. The highest BCUT2D eigenvalue weighted by atomic mass is 32.1. The number of aryl methyl sites for hydroxylation is 1. The standard InChI is InChI=1S/C50H63N7O8.4H2S/c1-10-42(58)55-27-35(28-55)65-49(62)54(8)44(30(3)4)46(59)52-40-24-32-15-12-16-33(23-32)34-19-20-41-37(25-34)38(45(56(41)11-2)36-17-13-21-51-43(36)31(5)63-9)26-50(6,7)29-64-48(61)39-18-14-22-57(53-39)47(40)60;;;;/h10,12-13,15-17,19-21,23,25,30-31,35,39-40,44,53H,1,11,14,18,22,24,26-29H2,2-9H3,(H,52,59);4*1H2/t31-,39-,40-,44-;;;;/m0..../s1. The molecular weight excluding hydrogens is 955 g/mol. The third-order valence-corrected chi connectivity index (χ3v) is 12.8. The Morgan fingerprint density at radius 1 is 1.03 bits per heavy atom. The summed E-state index contributed by atoms with van der Waals surface area (Å²) in [5, 5.41) is 5.49. The Kier molecular flexibility index (Phi) is 21.2. The van der Waals surface area contributed by atoms with E-state index in [0.717, 1.165) is 50.1 Å². The Morgan fingerprint density at radius 2 is 1.74 bits per heavy atom. The van der Waals surface area contributed by atoms with Gasteiger partial charge in [0, 0.05) is 61.7 Å². The van der Waals surface area contributed by atoms with Gasteiger partial charge in [0.1, 0.15) is 24.2 Å². The van der Waals surface area contributed by atoms with Crippen molar-refractivity contribution >= 4 is 94.7 Å². The monoisotopic (exact) mass is 1030 g/mol. The van der Waals surface area contributed by atoms with Crippen LogP contribution in [0, 0.1) is 11.3 Å². The molecule has 3 aliphatic heterocycles. The Labute approximate surface area is 434 Å². The van der Waals surface area contributed by atoms with Gasteiger partial charge in [0.15, 0.2) is 0 Å². The summed E-state index contributed by atoms with van der Waals surface area (Å²) < 4.78 is 19.9. The minimum Gasteiger partial charge on any atom is -0.464 e. The van der Waals surface area contributed by atoms with Crippen molar-refractivity contribution in [2.75, 3.05) is 40.4 Å². The number of esters is 1. The van der Waals surface area contributed by atoms with Crippen LogP contribution >= 0.6 is 54.0 Å². The number of methoxy groups -OCH3 is 1. The lowest BCUT2D eigenvalue weighted by molar-refractivity contribution is -0.155. The average molecular weight is 1030 g/mol. The Balaban J connectivity index is 0.00000315. The number of carbonyl (C=O) groups is 5. The number of rotatable bonds is 10. The molecule has 4 amide bonds. The topological polar surface area (TPSA) is 165 Å². The molecule has 15 nitrogen and oxygen atoms in total. The zero-order chi connectivity index (χ0) is 46.7. The third kappa shape index (κ3) is 12.8. The van der Waals surface area contributed by atoms with Crippen LogP contribution in [0.25, 0.3) is 33.3 Å². The molecule has 2 N–H and O–H groups in total. The summed E-state index contributed by atoms with van der Waals surface area (Å²) in [6.07, 6.45) is 3.21. The van der Waals surface area contributed by atoms with Crippen molar-refractivity contribution in [1.82, 2.24) is 35.1 Å². The number of likely N-dealkylation sites (N-methyl/N-ethyl adjacent to an activating group) is 1. The highest BCUT2D eigenvalue weighted by molar-refractivity contribution is 7.59. The molecule has 6 bridgehead atoms. The molecule has 2 saturated heterocycles. The van der Waals surface area contributed by atoms with Crippen LogP contribution in [0.2, 0.25) is 0 Å². The van der Waals surface area contributed by atoms with E-state index in [1.807, 2.05) is 51.1 Å². The first-order valence-corrected chi connectivity index (χ1v) is 22.7. The molecule has 7 rings (SSSR count). The van der Waals surface area contributed by atoms with E-state index in [1.54, 1.807) is 13.3 Å². The number of aromatic nitrogens is 2. The fraction of sp³-hybridized carbons (Fsp3) is 0.480. The molecule has 2 aromatic heterocycles. The normalized spacial score (nSPS) is 18.9. The summed E-state index contributed by atoms with van der Waals surface area (Å²) in [4.78, 5) is 75.8. The van der Waals surface area contributed by atoms with Crippen molar-refractivity contribution in [3.8, 4) is 22.4 Å². The number of hydrogen-bond donors (Lipinski definition) is 2. The van der Waals surface area contributed by atoms with Gasteiger partial charge in [-0.25, -0.2) is 10.2 Å². The van der Waals surface area contributed by atoms with Crippen LogP contribution in [0.15, 0.2) is 73.4 Å². The van der Waals surface area contributed by atoms with Crippen molar-refractivity contribution in [2.24, 2.45) is 11.3 Å². The predicted molar refractivity (Wildman–Crippen MR) is 289 cm³/mol. The van der Waals surface area contributed by atoms with Gasteiger partial charge >= 0.3 is 12.1 Å². The zero-order valence-corrected chi connectivity index (χ0v) is 44.9. The number of amides is 4. The predicted octanol–water partition coefficient (Wildman–Crippen LogP) is 6.69. The lowest BCUT2D eigenvalue weighted by atomic mass is 9.84. The maximum absolute atomic E-state index is 14.6. The van der Waals surface area contributed by atoms with Crippen molar-refractivity contribution in [3.63, 3.8) is 0 Å². The first kappa shape index (κ1) is 58.7. The van der Waals surface area contributed by atoms with E-state index >= 15 is 0 Å². The number of benzene rings is 2. The smallest absolute Gasteiger partial charge is 0.410 e. The molecule has 19 heteroatoms. The number of nitrogens with zero attached hydrogens (tertiary/aromatic N) is 5. The molecule has 0 radical (unpaired) electrons. The van der Waals surface area contributed by atoms with Crippen LogP contribution in [-0.4, -0.2) is 119 Å². The maximum Gasteiger partial charge on any atom is 0.410 e. The fourth-order valence-corrected chi connectivity index (χ4v) is 9.33. The van der Waals surface area contributed by atoms with E-state index in [9.17, 15) is 24.0 Å². The zero-order valence-electron chi connectivity index (χ0n) is 40.9. The van der Waals surface area contributed by atoms with Crippen LogP contribution < -0.4 is 10.7 Å². The van der Waals surface area contributed by atoms with Gasteiger partial charge in [0.2, 0.25) is 11.8 Å². The van der Waals surface area contributed by atoms with E-state index in [-0.39, 0.29) is 98.0 Å². The van der Waals surface area contributed by atoms with Crippen LogP contribution in [-0.2, 0) is 52.8 Å². The number of hydrazine groups is 1. The second-order valence-corrected chi connectivity index (χ2v) is 18.6. The van der Waals surface area contributed by atoms with Gasteiger partial charge in [-0.1, -0.05) is 64.6 Å². The number of nitrogens with one attached hydrogen (secondary N) is 2. The summed E-state index contributed by atoms with van der Waals surface area (Å²) in [6.45, 7) is 17.1. The number of pyridine rings is 1. The molecule has 2 fully saturated rings. The van der Waals surface area contributed by atoms with Crippen molar-refractivity contribution in [1.29, 1.82) is 0 Å². The minimum atomic E-state index is -1.08. The number of fused-ring (bicyclic) bond motifs is 6. The lowest BCUT2D eigenvalue weighted by Crippen LogP contribution is -2.62. The van der Waals surface area contributed by atoms with Gasteiger partial charge in [0.25, 0.3) is 5.91 Å². The van der Waals surface area contributed by atoms with Crippen LogP contribution in [0.4, 0.5) is 4.79 Å². The molecule has 0 unspecified atom stereocenters. The van der Waals surface area contributed by atoms with E-state index in [4.69, 9.17) is 19.2 Å². The lowest BCUT2D eigenvalue weighted by Gasteiger charge is -2.39. The quantitative estimate of drug-likeness (QED) is 0.129. The SMILES string of the molecule is C=CC(=O)N1CC(OC(=O)N(C)[C@H](C(=O)N[C@H]2Cc3cccc(c3)-c3ccc4c(c3)c(c(-c3cccnc3[C@H](C)OC)n4CC)CC(C)(C)COC(=O)[C@@H]3CCCN(N3)C2=O)C(C)C)C1.S.S.S.S. The summed E-state index contributed by atoms with van der Waals surface area (Å²) in [6, 6.07) is 15.6. The fourth-order valence-electron chi connectivity index (χ4n) is 9.33. The Bertz CT molecular complexity index is 2480. The number of likely N-dealkylation sites (tertiary alicyclic amines) is 1. The van der Waals surface area contributed by atoms with Gasteiger partial charge in [-0.2, -0.15) is 54.0 Å². The number of cyclic esters (lactones) is 1. The van der Waals surface area contributed by atoms with E-state index in [0.29, 0.717) is 32.4 Å². The molecule has 4 atom stereocenters. The molecule has 4 aromatic rings. The summed E-state index contributed by atoms with van der Waals surface area (Å²) in [7, 11) is 3.18. The highest BCUT2D eigenvalue weighted by Gasteiger charge is 2.40. The summed E-state index contributed by atoms with van der Waals surface area (Å²) >= 11 is 0. The number of hydrogen-bond acceptors (Lipinski definition) is 10. The molecule has 0 aliphatic carbocycles. The van der Waals surface area contributed by atoms with Crippen LogP contribution in [0.5, 0.6) is 0 Å². The van der Waals surface area contributed by atoms with Gasteiger partial charge in [-0.15, -0.1) is 0 Å². The van der Waals surface area contributed by atoms with Crippen LogP contribution in [0.1, 0.15) is 77.3 Å². The second-order valence-electron chi connectivity index (χ2n) is 18.6. The number of carbonyl (C=O) groups excluding carboxylic acids is 5.